The van der Waals surface area contributed by atoms with E-state index in [0.717, 1.165) is 77.7 Å². The molecule has 0 aliphatic rings. The lowest BCUT2D eigenvalue weighted by atomic mass is 9.90. The van der Waals surface area contributed by atoms with E-state index < -0.39 is 0 Å². The molecule has 10 aromatic rings. The van der Waals surface area contributed by atoms with Crippen LogP contribution in [0.4, 0.5) is 0 Å². The van der Waals surface area contributed by atoms with Crippen molar-refractivity contribution >= 4 is 37.1 Å². The third-order valence-electron chi connectivity index (χ3n) is 11.1. The minimum Gasteiger partial charge on any atom is -0.208 e. The fraction of sp³-hybridized carbons (Fsp3) is 0. The number of hydrogen-bond donors (Lipinski definition) is 0. The minimum absolute atomic E-state index is 0.637. The average molecular weight is 798 g/mol. The van der Waals surface area contributed by atoms with Crippen LogP contribution in [-0.2, 0) is 0 Å². The molecule has 4 heteroatoms. The lowest BCUT2D eigenvalue weighted by Crippen LogP contribution is -2.00. The van der Waals surface area contributed by atoms with Crippen LogP contribution in [0.25, 0.3) is 104 Å². The zero-order valence-corrected chi connectivity index (χ0v) is 34.2. The van der Waals surface area contributed by atoms with E-state index in [9.17, 15) is 0 Å². The SMILES string of the molecule is C=C/C=C(\C=C)c1cc(-c2ccc(-c3ccc4sc5cccc(-c6nc(-c7ccccc7)nc(-c7cccc(-c8ccccc8)c7)n6)c5c4c3)cc2)ccc1-c1ccccc1. The molecule has 0 saturated heterocycles. The lowest BCUT2D eigenvalue weighted by molar-refractivity contribution is 1.08. The number of allylic oxidation sites excluding steroid dienone is 4. The number of thiophene rings is 1. The van der Waals surface area contributed by atoms with Gasteiger partial charge in [0.15, 0.2) is 17.5 Å². The summed E-state index contributed by atoms with van der Waals surface area (Å²) < 4.78 is 2.40. The van der Waals surface area contributed by atoms with Crippen LogP contribution in [0.5, 0.6) is 0 Å². The Labute approximate surface area is 360 Å². The van der Waals surface area contributed by atoms with Gasteiger partial charge in [-0.1, -0.05) is 195 Å². The quantitative estimate of drug-likeness (QED) is 0.129. The number of benzene rings is 8. The summed E-state index contributed by atoms with van der Waals surface area (Å²) in [6.45, 7) is 8.07. The third kappa shape index (κ3) is 7.42. The Morgan fingerprint density at radius 1 is 0.393 bits per heavy atom. The van der Waals surface area contributed by atoms with E-state index >= 15 is 0 Å². The first-order valence-electron chi connectivity index (χ1n) is 20.3. The highest BCUT2D eigenvalue weighted by Gasteiger charge is 2.18. The number of nitrogens with zero attached hydrogens (tertiary/aromatic N) is 3. The first-order valence-corrected chi connectivity index (χ1v) is 21.1. The van der Waals surface area contributed by atoms with Gasteiger partial charge in [0, 0.05) is 36.9 Å². The predicted molar refractivity (Wildman–Crippen MR) is 259 cm³/mol. The second-order valence-corrected chi connectivity index (χ2v) is 16.0. The molecule has 61 heavy (non-hydrogen) atoms. The van der Waals surface area contributed by atoms with E-state index in [4.69, 9.17) is 15.0 Å². The molecule has 0 aliphatic carbocycles. The first-order chi connectivity index (χ1) is 30.1. The predicted octanol–water partition coefficient (Wildman–Crippen LogP) is 15.7. The van der Waals surface area contributed by atoms with Crippen LogP contribution in [0.1, 0.15) is 5.56 Å². The molecule has 0 spiro atoms. The van der Waals surface area contributed by atoms with Crippen molar-refractivity contribution in [2.24, 2.45) is 0 Å². The van der Waals surface area contributed by atoms with Crippen LogP contribution in [-0.4, -0.2) is 15.0 Å². The zero-order valence-electron chi connectivity index (χ0n) is 33.4. The van der Waals surface area contributed by atoms with Gasteiger partial charge in [0.05, 0.1) is 0 Å². The summed E-state index contributed by atoms with van der Waals surface area (Å²) in [4.78, 5) is 15.4. The first kappa shape index (κ1) is 37.5. The Morgan fingerprint density at radius 3 is 1.61 bits per heavy atom. The summed E-state index contributed by atoms with van der Waals surface area (Å²) in [5, 5.41) is 2.32. The second-order valence-electron chi connectivity index (χ2n) is 14.9. The summed E-state index contributed by atoms with van der Waals surface area (Å²) in [7, 11) is 0. The molecule has 2 aromatic heterocycles. The second kappa shape index (κ2) is 16.5. The molecular formula is C57H39N3S. The van der Waals surface area contributed by atoms with Crippen molar-refractivity contribution in [3.05, 3.63) is 231 Å². The van der Waals surface area contributed by atoms with Gasteiger partial charge in [-0.05, 0) is 86.0 Å². The standard InChI is InChI=1S/C57H39N3S/c1-3-16-38(4-2)50-36-45(31-33-48(50)42-19-10-6-11-20-42)40-27-29-41(30-28-40)46-32-34-52-51(37-46)54-49(25-15-26-53(54)61-52)57-59-55(43-21-12-7-13-22-43)58-56(60-57)47-24-14-23-44(35-47)39-17-8-5-9-18-39/h3-37H,1-2H2/b38-16+. The molecule has 288 valence electrons. The maximum atomic E-state index is 5.21. The van der Waals surface area contributed by atoms with Crippen molar-refractivity contribution in [1.29, 1.82) is 0 Å². The van der Waals surface area contributed by atoms with Crippen LogP contribution in [0, 0.1) is 0 Å². The smallest absolute Gasteiger partial charge is 0.164 e. The minimum atomic E-state index is 0.637. The molecule has 0 saturated carbocycles. The Morgan fingerprint density at radius 2 is 0.918 bits per heavy atom. The zero-order chi connectivity index (χ0) is 41.1. The third-order valence-corrected chi connectivity index (χ3v) is 12.3. The van der Waals surface area contributed by atoms with Crippen molar-refractivity contribution in [1.82, 2.24) is 15.0 Å². The van der Waals surface area contributed by atoms with Crippen LogP contribution in [0.3, 0.4) is 0 Å². The summed E-state index contributed by atoms with van der Waals surface area (Å²) in [5.74, 6) is 1.93. The molecule has 0 unspecified atom stereocenters. The fourth-order valence-corrected chi connectivity index (χ4v) is 9.20. The van der Waals surface area contributed by atoms with Crippen LogP contribution in [0.2, 0.25) is 0 Å². The normalized spacial score (nSPS) is 11.5. The molecule has 0 radical (unpaired) electrons. The van der Waals surface area contributed by atoms with E-state index in [1.807, 2.05) is 48.6 Å². The van der Waals surface area contributed by atoms with Crippen molar-refractivity contribution in [3.8, 4) is 78.7 Å². The van der Waals surface area contributed by atoms with E-state index in [-0.39, 0.29) is 0 Å². The molecular weight excluding hydrogens is 759 g/mol. The molecule has 0 fully saturated rings. The molecule has 3 nitrogen and oxygen atoms in total. The van der Waals surface area contributed by atoms with Crippen molar-refractivity contribution in [2.45, 2.75) is 0 Å². The Balaban J connectivity index is 1.05. The summed E-state index contributed by atoms with van der Waals surface area (Å²) in [5.41, 5.74) is 14.2. The van der Waals surface area contributed by atoms with E-state index in [2.05, 4.69) is 177 Å². The number of fused-ring (bicyclic) bond motifs is 3. The van der Waals surface area contributed by atoms with Gasteiger partial charge >= 0.3 is 0 Å². The highest BCUT2D eigenvalue weighted by Crippen LogP contribution is 2.42. The summed E-state index contributed by atoms with van der Waals surface area (Å²) in [6, 6.07) is 68.3. The lowest BCUT2D eigenvalue weighted by Gasteiger charge is -2.14. The highest BCUT2D eigenvalue weighted by molar-refractivity contribution is 7.26. The topological polar surface area (TPSA) is 38.7 Å². The van der Waals surface area contributed by atoms with E-state index in [1.54, 1.807) is 11.3 Å². The maximum Gasteiger partial charge on any atom is 0.164 e. The van der Waals surface area contributed by atoms with E-state index in [1.165, 1.54) is 14.8 Å². The van der Waals surface area contributed by atoms with E-state index in [0.29, 0.717) is 17.5 Å². The molecule has 0 N–H and O–H groups in total. The van der Waals surface area contributed by atoms with Crippen LogP contribution in [0.15, 0.2) is 226 Å². The van der Waals surface area contributed by atoms with Gasteiger partial charge in [-0.25, -0.2) is 15.0 Å². The van der Waals surface area contributed by atoms with Gasteiger partial charge in [-0.2, -0.15) is 0 Å². The molecule has 0 aliphatic heterocycles. The maximum absolute atomic E-state index is 5.21. The van der Waals surface area contributed by atoms with Gasteiger partial charge in [-0.15, -0.1) is 11.3 Å². The molecule has 0 amide bonds. The van der Waals surface area contributed by atoms with Crippen molar-refractivity contribution in [3.63, 3.8) is 0 Å². The molecule has 2 heterocycles. The molecule has 0 atom stereocenters. The number of rotatable bonds is 10. The summed E-state index contributed by atoms with van der Waals surface area (Å²) in [6.07, 6.45) is 5.74. The van der Waals surface area contributed by atoms with Gasteiger partial charge in [-0.3, -0.25) is 0 Å². The largest absolute Gasteiger partial charge is 0.208 e. The molecule has 0 bridgehead atoms. The number of hydrogen-bond acceptors (Lipinski definition) is 4. The Kier molecular flexibility index (Phi) is 10.1. The monoisotopic (exact) mass is 797 g/mol. The van der Waals surface area contributed by atoms with Gasteiger partial charge in [0.25, 0.3) is 0 Å². The fourth-order valence-electron chi connectivity index (χ4n) is 8.08. The Hall–Kier alpha value is -7.79. The van der Waals surface area contributed by atoms with Crippen LogP contribution >= 0.6 is 11.3 Å². The average Bonchev–Trinajstić information content (AvgIpc) is 3.72. The molecule has 8 aromatic carbocycles. The van der Waals surface area contributed by atoms with Gasteiger partial charge in [0.2, 0.25) is 0 Å². The van der Waals surface area contributed by atoms with Gasteiger partial charge in [0.1, 0.15) is 0 Å². The van der Waals surface area contributed by atoms with Crippen LogP contribution < -0.4 is 0 Å². The van der Waals surface area contributed by atoms with Crippen molar-refractivity contribution < 1.29 is 0 Å². The van der Waals surface area contributed by atoms with Crippen molar-refractivity contribution in [2.75, 3.05) is 0 Å². The summed E-state index contributed by atoms with van der Waals surface area (Å²) >= 11 is 1.79. The molecule has 10 rings (SSSR count). The highest BCUT2D eigenvalue weighted by atomic mass is 32.1. The Bertz CT molecular complexity index is 3260. The van der Waals surface area contributed by atoms with Gasteiger partial charge < -0.3 is 0 Å². The number of aromatic nitrogens is 3.